The normalized spacial score (nSPS) is 20.6. The largest absolute Gasteiger partial charge is 0.382 e. The first-order valence-electron chi connectivity index (χ1n) is 16.7. The number of likely N-dealkylation sites (N-methyl/N-ethyl adjacent to an activating group) is 1. The van der Waals surface area contributed by atoms with Crippen molar-refractivity contribution in [3.63, 3.8) is 0 Å². The molecule has 3 atom stereocenters. The molecule has 4 heterocycles. The van der Waals surface area contributed by atoms with Crippen molar-refractivity contribution in [3.8, 4) is 0 Å². The Balaban J connectivity index is 0.934. The van der Waals surface area contributed by atoms with Crippen LogP contribution in [0.1, 0.15) is 61.8 Å². The number of nitrogens with zero attached hydrogens (tertiary/aromatic N) is 4. The molecule has 5 amide bonds. The molecule has 0 radical (unpaired) electrons. The Bertz CT molecular complexity index is 1920. The number of nitrogens with one attached hydrogen (secondary N) is 4. The molecule has 51 heavy (non-hydrogen) atoms. The zero-order chi connectivity index (χ0) is 36.2. The molecule has 2 saturated heterocycles. The fraction of sp³-hybridized carbons (Fsp3) is 0.400. The quantitative estimate of drug-likeness (QED) is 0.156. The van der Waals surface area contributed by atoms with Crippen molar-refractivity contribution >= 4 is 56.8 Å². The van der Waals surface area contributed by atoms with Gasteiger partial charge in [-0.15, -0.1) is 0 Å². The summed E-state index contributed by atoms with van der Waals surface area (Å²) in [6.07, 6.45) is 2.64. The highest BCUT2D eigenvalue weighted by Gasteiger charge is 2.45. The van der Waals surface area contributed by atoms with Gasteiger partial charge in [-0.25, -0.2) is 4.68 Å². The van der Waals surface area contributed by atoms with E-state index in [0.29, 0.717) is 34.5 Å². The van der Waals surface area contributed by atoms with Crippen LogP contribution in [0.25, 0.3) is 0 Å². The first-order chi connectivity index (χ1) is 24.5. The molecular formula is C35H39BrN8O7. The summed E-state index contributed by atoms with van der Waals surface area (Å²) in [6.45, 7) is 2.85. The highest BCUT2D eigenvalue weighted by atomic mass is 79.9. The standard InChI is InChI=1S/C35H39BrN8O7/c1-42-18-22(16-23(19-42)40-26-17-39-43(2)35(50)30(26)36)20-6-8-21(9-7-20)31(46)38-13-15-51-14-12-37-25-5-3-4-24-29(25)34(49)44(33(24)48)27-10-11-28(45)41-32(27)47/h3-9,17,22-23,27,37,40H,10-16,18-19H2,1-2H3,(H,38,46)(H,41,45,47)/t22-,23+,27?/m1/s1. The van der Waals surface area contributed by atoms with E-state index in [1.165, 1.54) is 10.7 Å². The lowest BCUT2D eigenvalue weighted by molar-refractivity contribution is -0.136. The van der Waals surface area contributed by atoms with Gasteiger partial charge in [-0.3, -0.25) is 39.0 Å². The average Bonchev–Trinajstić information content (AvgIpc) is 3.37. The molecule has 2 fully saturated rings. The van der Waals surface area contributed by atoms with E-state index < -0.39 is 29.7 Å². The molecule has 3 aliphatic rings. The number of hydrogen-bond acceptors (Lipinski definition) is 11. The van der Waals surface area contributed by atoms with Gasteiger partial charge in [0, 0.05) is 56.9 Å². The summed E-state index contributed by atoms with van der Waals surface area (Å²) in [5.74, 6) is -2.21. The molecule has 2 aromatic carbocycles. The number of hydrogen-bond donors (Lipinski definition) is 4. The van der Waals surface area contributed by atoms with E-state index in [4.69, 9.17) is 4.74 Å². The summed E-state index contributed by atoms with van der Waals surface area (Å²) in [4.78, 5) is 78.4. The molecule has 0 spiro atoms. The van der Waals surface area contributed by atoms with E-state index in [0.717, 1.165) is 30.0 Å². The predicted octanol–water partition coefficient (Wildman–Crippen LogP) is 1.70. The zero-order valence-corrected chi connectivity index (χ0v) is 29.8. The monoisotopic (exact) mass is 762 g/mol. The number of piperidine rings is 2. The first-order valence-corrected chi connectivity index (χ1v) is 17.5. The van der Waals surface area contributed by atoms with E-state index in [2.05, 4.69) is 54.2 Å². The number of halogens is 1. The second-order valence-electron chi connectivity index (χ2n) is 12.9. The third-order valence-corrected chi connectivity index (χ3v) is 10.0. The van der Waals surface area contributed by atoms with E-state index in [1.807, 2.05) is 24.3 Å². The zero-order valence-electron chi connectivity index (χ0n) is 28.2. The number of amides is 5. The molecule has 3 aromatic rings. The number of aromatic nitrogens is 2. The minimum atomic E-state index is -1.03. The summed E-state index contributed by atoms with van der Waals surface area (Å²) in [6, 6.07) is 11.5. The van der Waals surface area contributed by atoms with Gasteiger partial charge < -0.3 is 25.6 Å². The van der Waals surface area contributed by atoms with Crippen molar-refractivity contribution in [2.45, 2.75) is 37.3 Å². The molecule has 15 nitrogen and oxygen atoms in total. The van der Waals surface area contributed by atoms with Crippen molar-refractivity contribution < 1.29 is 28.7 Å². The number of imide groups is 2. The number of carbonyl (C=O) groups is 5. The maximum Gasteiger partial charge on any atom is 0.282 e. The lowest BCUT2D eigenvalue weighted by Crippen LogP contribution is -2.54. The van der Waals surface area contributed by atoms with Gasteiger partial charge in [0.05, 0.1) is 36.2 Å². The van der Waals surface area contributed by atoms with Crippen LogP contribution < -0.4 is 26.8 Å². The number of likely N-dealkylation sites (tertiary alicyclic amines) is 1. The number of benzene rings is 2. The molecule has 0 aliphatic carbocycles. The number of rotatable bonds is 12. The highest BCUT2D eigenvalue weighted by molar-refractivity contribution is 9.10. The first kappa shape index (κ1) is 35.9. The molecule has 3 aliphatic heterocycles. The van der Waals surface area contributed by atoms with Gasteiger partial charge in [-0.2, -0.15) is 5.10 Å². The Morgan fingerprint density at radius 2 is 1.75 bits per heavy atom. The average molecular weight is 764 g/mol. The van der Waals surface area contributed by atoms with Gasteiger partial charge in [0.25, 0.3) is 23.3 Å². The lowest BCUT2D eigenvalue weighted by Gasteiger charge is -2.37. The second kappa shape index (κ2) is 15.5. The summed E-state index contributed by atoms with van der Waals surface area (Å²) in [7, 11) is 3.67. The predicted molar refractivity (Wildman–Crippen MR) is 191 cm³/mol. The third-order valence-electron chi connectivity index (χ3n) is 9.28. The number of fused-ring (bicyclic) bond motifs is 1. The van der Waals surface area contributed by atoms with E-state index in [1.54, 1.807) is 25.4 Å². The van der Waals surface area contributed by atoms with Crippen molar-refractivity contribution in [2.24, 2.45) is 7.05 Å². The van der Waals surface area contributed by atoms with Crippen LogP contribution in [0.3, 0.4) is 0 Å². The molecule has 1 aromatic heterocycles. The van der Waals surface area contributed by atoms with Gasteiger partial charge in [0.1, 0.15) is 10.5 Å². The van der Waals surface area contributed by atoms with Crippen LogP contribution in [0.5, 0.6) is 0 Å². The highest BCUT2D eigenvalue weighted by Crippen LogP contribution is 2.33. The molecule has 268 valence electrons. The van der Waals surface area contributed by atoms with Crippen molar-refractivity contribution in [1.29, 1.82) is 0 Å². The van der Waals surface area contributed by atoms with Gasteiger partial charge in [0.2, 0.25) is 11.8 Å². The molecular weight excluding hydrogens is 724 g/mol. The van der Waals surface area contributed by atoms with Crippen molar-refractivity contribution in [1.82, 2.24) is 30.2 Å². The minimum absolute atomic E-state index is 0.0508. The maximum absolute atomic E-state index is 13.2. The SMILES string of the molecule is CN1C[C@@H](Nc2cnn(C)c(=O)c2Br)C[C@@H](c2ccc(C(=O)NCCOCCNc3cccc4c3C(=O)N(C3CCC(=O)NC3=O)C4=O)cc2)C1. The summed E-state index contributed by atoms with van der Waals surface area (Å²) in [5.41, 5.74) is 2.95. The number of aryl methyl sites for hydroxylation is 1. The third kappa shape index (κ3) is 7.87. The molecule has 0 bridgehead atoms. The lowest BCUT2D eigenvalue weighted by atomic mass is 9.87. The van der Waals surface area contributed by atoms with Gasteiger partial charge in [0.15, 0.2) is 0 Å². The number of anilines is 2. The van der Waals surface area contributed by atoms with Crippen LogP contribution in [-0.2, 0) is 21.4 Å². The van der Waals surface area contributed by atoms with Crippen molar-refractivity contribution in [3.05, 3.63) is 85.7 Å². The Labute approximate surface area is 302 Å². The van der Waals surface area contributed by atoms with Gasteiger partial charge in [-0.1, -0.05) is 18.2 Å². The second-order valence-corrected chi connectivity index (χ2v) is 13.7. The van der Waals surface area contributed by atoms with Crippen LogP contribution in [0.2, 0.25) is 0 Å². The van der Waals surface area contributed by atoms with Gasteiger partial charge in [-0.05, 0) is 71.6 Å². The van der Waals surface area contributed by atoms with E-state index >= 15 is 0 Å². The Morgan fingerprint density at radius 1 is 0.980 bits per heavy atom. The summed E-state index contributed by atoms with van der Waals surface area (Å²) < 4.78 is 7.41. The Morgan fingerprint density at radius 3 is 2.51 bits per heavy atom. The van der Waals surface area contributed by atoms with E-state index in [-0.39, 0.29) is 60.6 Å². The Kier molecular flexibility index (Phi) is 10.9. The van der Waals surface area contributed by atoms with Crippen LogP contribution >= 0.6 is 15.9 Å². The fourth-order valence-corrected chi connectivity index (χ4v) is 7.24. The van der Waals surface area contributed by atoms with Crippen LogP contribution in [0, 0.1) is 0 Å². The molecule has 1 unspecified atom stereocenters. The van der Waals surface area contributed by atoms with Crippen LogP contribution in [0.4, 0.5) is 11.4 Å². The summed E-state index contributed by atoms with van der Waals surface area (Å²) in [5, 5.41) is 15.8. The fourth-order valence-electron chi connectivity index (χ4n) is 6.76. The number of carbonyl (C=O) groups excluding carboxylic acids is 5. The molecule has 4 N–H and O–H groups in total. The molecule has 0 saturated carbocycles. The maximum atomic E-state index is 13.2. The molecule has 16 heteroatoms. The van der Waals surface area contributed by atoms with E-state index in [9.17, 15) is 28.8 Å². The van der Waals surface area contributed by atoms with Crippen LogP contribution in [-0.4, -0.2) is 108 Å². The van der Waals surface area contributed by atoms with Crippen LogP contribution in [0.15, 0.2) is 57.9 Å². The topological polar surface area (TPSA) is 184 Å². The van der Waals surface area contributed by atoms with Gasteiger partial charge >= 0.3 is 0 Å². The summed E-state index contributed by atoms with van der Waals surface area (Å²) >= 11 is 3.39. The smallest absolute Gasteiger partial charge is 0.282 e. The Hall–Kier alpha value is -4.93. The number of ether oxygens (including phenoxy) is 1. The molecule has 6 rings (SSSR count). The van der Waals surface area contributed by atoms with Crippen molar-refractivity contribution in [2.75, 3.05) is 57.1 Å². The minimum Gasteiger partial charge on any atom is -0.382 e.